The number of thioether (sulfide) groups is 1. The van der Waals surface area contributed by atoms with E-state index in [0.717, 1.165) is 25.6 Å². The van der Waals surface area contributed by atoms with Crippen molar-refractivity contribution in [3.8, 4) is 0 Å². The molecule has 1 heterocycles. The van der Waals surface area contributed by atoms with Gasteiger partial charge < -0.3 is 15.2 Å². The number of halogens is 1. The van der Waals surface area contributed by atoms with Crippen molar-refractivity contribution in [1.29, 1.82) is 0 Å². The van der Waals surface area contributed by atoms with Crippen molar-refractivity contribution in [2.24, 2.45) is 4.99 Å². The van der Waals surface area contributed by atoms with E-state index in [0.29, 0.717) is 6.54 Å². The van der Waals surface area contributed by atoms with Crippen LogP contribution in [0, 0.1) is 0 Å². The zero-order chi connectivity index (χ0) is 15.6. The third-order valence-electron chi connectivity index (χ3n) is 3.25. The van der Waals surface area contributed by atoms with Crippen LogP contribution in [0.25, 0.3) is 0 Å². The summed E-state index contributed by atoms with van der Waals surface area (Å²) in [6, 6.07) is 12.6. The molecule has 0 amide bonds. The molecule has 0 aliphatic heterocycles. The summed E-state index contributed by atoms with van der Waals surface area (Å²) >= 11 is 1.76. The lowest BCUT2D eigenvalue weighted by molar-refractivity contribution is 0.666. The lowest BCUT2D eigenvalue weighted by atomic mass is 10.2. The molecule has 0 atom stereocenters. The predicted octanol–water partition coefficient (Wildman–Crippen LogP) is 3.58. The fourth-order valence-corrected chi connectivity index (χ4v) is 2.47. The Labute approximate surface area is 160 Å². The van der Waals surface area contributed by atoms with Crippen molar-refractivity contribution < 1.29 is 0 Å². The van der Waals surface area contributed by atoms with Gasteiger partial charge >= 0.3 is 0 Å². The minimum absolute atomic E-state index is 0. The van der Waals surface area contributed by atoms with Crippen LogP contribution in [0.1, 0.15) is 12.5 Å². The van der Waals surface area contributed by atoms with E-state index in [2.05, 4.69) is 70.0 Å². The molecule has 23 heavy (non-hydrogen) atoms. The highest BCUT2D eigenvalue weighted by atomic mass is 127. The molecule has 0 fully saturated rings. The van der Waals surface area contributed by atoms with Gasteiger partial charge in [0, 0.05) is 36.9 Å². The van der Waals surface area contributed by atoms with Gasteiger partial charge in [-0.3, -0.25) is 0 Å². The summed E-state index contributed by atoms with van der Waals surface area (Å²) in [7, 11) is 0. The van der Waals surface area contributed by atoms with Crippen molar-refractivity contribution in [2.75, 3.05) is 19.3 Å². The summed E-state index contributed by atoms with van der Waals surface area (Å²) in [6.07, 6.45) is 6.23. The number of nitrogens with one attached hydrogen (secondary N) is 2. The molecule has 126 valence electrons. The first-order valence-electron chi connectivity index (χ1n) is 7.57. The Bertz CT molecular complexity index is 567. The summed E-state index contributed by atoms with van der Waals surface area (Å²) < 4.78 is 2.15. The Morgan fingerprint density at radius 1 is 1.13 bits per heavy atom. The standard InChI is InChI=1S/C17H24N4S.HI/c1-3-18-17(19-10-13-21-11-4-5-12-21)20-14-15-6-8-16(22-2)9-7-15;/h4-9,11-12H,3,10,13-14H2,1-2H3,(H2,18,19,20);1H. The molecule has 1 aromatic carbocycles. The van der Waals surface area contributed by atoms with E-state index in [1.165, 1.54) is 10.5 Å². The topological polar surface area (TPSA) is 41.4 Å². The highest BCUT2D eigenvalue weighted by Gasteiger charge is 1.98. The molecule has 0 saturated carbocycles. The normalized spacial score (nSPS) is 11.0. The van der Waals surface area contributed by atoms with Gasteiger partial charge in [0.05, 0.1) is 6.54 Å². The molecule has 4 nitrogen and oxygen atoms in total. The molecule has 0 aliphatic carbocycles. The van der Waals surface area contributed by atoms with Gasteiger partial charge in [-0.1, -0.05) is 12.1 Å². The van der Waals surface area contributed by atoms with Crippen LogP contribution in [-0.4, -0.2) is 29.9 Å². The summed E-state index contributed by atoms with van der Waals surface area (Å²) in [5.41, 5.74) is 1.22. The third kappa shape index (κ3) is 7.30. The zero-order valence-corrected chi connectivity index (χ0v) is 16.8. The number of guanidine groups is 1. The average molecular weight is 444 g/mol. The number of aliphatic imine (C=N–C) groups is 1. The molecule has 0 saturated heterocycles. The Kier molecular flexibility index (Phi) is 9.86. The first-order valence-corrected chi connectivity index (χ1v) is 8.80. The maximum Gasteiger partial charge on any atom is 0.191 e. The van der Waals surface area contributed by atoms with Crippen LogP contribution in [-0.2, 0) is 13.1 Å². The van der Waals surface area contributed by atoms with Gasteiger partial charge in [-0.25, -0.2) is 4.99 Å². The highest BCUT2D eigenvalue weighted by molar-refractivity contribution is 14.0. The van der Waals surface area contributed by atoms with E-state index in [1.54, 1.807) is 11.8 Å². The third-order valence-corrected chi connectivity index (χ3v) is 4.00. The molecule has 6 heteroatoms. The molecule has 0 unspecified atom stereocenters. The van der Waals surface area contributed by atoms with Gasteiger partial charge in [0.15, 0.2) is 5.96 Å². The molecule has 2 aromatic rings. The average Bonchev–Trinajstić information content (AvgIpc) is 3.06. The maximum atomic E-state index is 4.64. The van der Waals surface area contributed by atoms with Gasteiger partial charge in [-0.2, -0.15) is 0 Å². The van der Waals surface area contributed by atoms with Crippen LogP contribution in [0.3, 0.4) is 0 Å². The summed E-state index contributed by atoms with van der Waals surface area (Å²) in [6.45, 7) is 5.41. The second kappa shape index (κ2) is 11.4. The lowest BCUT2D eigenvalue weighted by Crippen LogP contribution is -2.38. The Morgan fingerprint density at radius 2 is 1.83 bits per heavy atom. The van der Waals surface area contributed by atoms with E-state index in [1.807, 2.05) is 12.1 Å². The van der Waals surface area contributed by atoms with Crippen LogP contribution >= 0.6 is 35.7 Å². The second-order valence-corrected chi connectivity index (χ2v) is 5.77. The smallest absolute Gasteiger partial charge is 0.191 e. The van der Waals surface area contributed by atoms with Gasteiger partial charge in [0.2, 0.25) is 0 Å². The van der Waals surface area contributed by atoms with Crippen LogP contribution in [0.15, 0.2) is 58.7 Å². The van der Waals surface area contributed by atoms with E-state index in [9.17, 15) is 0 Å². The first kappa shape index (κ1) is 19.9. The minimum Gasteiger partial charge on any atom is -0.357 e. The number of nitrogens with zero attached hydrogens (tertiary/aromatic N) is 2. The number of hydrogen-bond acceptors (Lipinski definition) is 2. The Morgan fingerprint density at radius 3 is 2.43 bits per heavy atom. The Balaban J connectivity index is 0.00000264. The SMILES string of the molecule is CCNC(=NCc1ccc(SC)cc1)NCCn1cccc1.I. The first-order chi connectivity index (χ1) is 10.8. The fraction of sp³-hybridized carbons (Fsp3) is 0.353. The summed E-state index contributed by atoms with van der Waals surface area (Å²) in [4.78, 5) is 5.92. The van der Waals surface area contributed by atoms with Crippen LogP contribution < -0.4 is 10.6 Å². The monoisotopic (exact) mass is 444 g/mol. The predicted molar refractivity (Wildman–Crippen MR) is 111 cm³/mol. The van der Waals surface area contributed by atoms with Crippen molar-refractivity contribution in [3.63, 3.8) is 0 Å². The van der Waals surface area contributed by atoms with Gasteiger partial charge in [0.1, 0.15) is 0 Å². The quantitative estimate of drug-likeness (QED) is 0.297. The van der Waals surface area contributed by atoms with Gasteiger partial charge in [-0.05, 0) is 43.0 Å². The van der Waals surface area contributed by atoms with Crippen molar-refractivity contribution in [2.45, 2.75) is 24.9 Å². The number of aromatic nitrogens is 1. The van der Waals surface area contributed by atoms with Crippen LogP contribution in [0.4, 0.5) is 0 Å². The van der Waals surface area contributed by atoms with Crippen molar-refractivity contribution in [1.82, 2.24) is 15.2 Å². The molecule has 2 rings (SSSR count). The van der Waals surface area contributed by atoms with E-state index in [4.69, 9.17) is 0 Å². The number of hydrogen-bond donors (Lipinski definition) is 2. The number of benzene rings is 1. The molecule has 0 aliphatic rings. The molecule has 0 bridgehead atoms. The van der Waals surface area contributed by atoms with Gasteiger partial charge in [0.25, 0.3) is 0 Å². The minimum atomic E-state index is 0. The van der Waals surface area contributed by atoms with E-state index >= 15 is 0 Å². The van der Waals surface area contributed by atoms with Crippen LogP contribution in [0.5, 0.6) is 0 Å². The molecular formula is C17H25IN4S. The summed E-state index contributed by atoms with van der Waals surface area (Å²) in [5.74, 6) is 0.864. The molecular weight excluding hydrogens is 419 g/mol. The van der Waals surface area contributed by atoms with E-state index < -0.39 is 0 Å². The van der Waals surface area contributed by atoms with Gasteiger partial charge in [-0.15, -0.1) is 35.7 Å². The molecule has 2 N–H and O–H groups in total. The molecule has 1 aromatic heterocycles. The Hall–Kier alpha value is -1.15. The lowest BCUT2D eigenvalue weighted by Gasteiger charge is -2.11. The highest BCUT2D eigenvalue weighted by Crippen LogP contribution is 2.15. The zero-order valence-electron chi connectivity index (χ0n) is 13.7. The fourth-order valence-electron chi connectivity index (χ4n) is 2.07. The largest absolute Gasteiger partial charge is 0.357 e. The maximum absolute atomic E-state index is 4.64. The second-order valence-electron chi connectivity index (χ2n) is 4.89. The number of rotatable bonds is 7. The molecule has 0 spiro atoms. The van der Waals surface area contributed by atoms with E-state index in [-0.39, 0.29) is 24.0 Å². The molecule has 0 radical (unpaired) electrons. The van der Waals surface area contributed by atoms with Crippen molar-refractivity contribution >= 4 is 41.7 Å². The van der Waals surface area contributed by atoms with Crippen molar-refractivity contribution in [3.05, 3.63) is 54.4 Å². The van der Waals surface area contributed by atoms with Crippen LogP contribution in [0.2, 0.25) is 0 Å². The summed E-state index contributed by atoms with van der Waals surface area (Å²) in [5, 5.41) is 6.65.